The van der Waals surface area contributed by atoms with Gasteiger partial charge >= 0.3 is 0 Å². The lowest BCUT2D eigenvalue weighted by atomic mass is 9.95. The van der Waals surface area contributed by atoms with Gasteiger partial charge in [0, 0.05) is 13.5 Å². The van der Waals surface area contributed by atoms with Crippen LogP contribution in [-0.2, 0) is 22.0 Å². The van der Waals surface area contributed by atoms with E-state index >= 15 is 0 Å². The number of hydrogen-bond donors (Lipinski definition) is 2. The van der Waals surface area contributed by atoms with Crippen LogP contribution in [0.4, 0.5) is 0 Å². The topological polar surface area (TPSA) is 131 Å². The Balaban J connectivity index is 1.66. The summed E-state index contributed by atoms with van der Waals surface area (Å²) in [6, 6.07) is 24.6. The molecule has 0 aliphatic heterocycles. The van der Waals surface area contributed by atoms with E-state index in [-0.39, 0.29) is 17.3 Å². The third-order valence-electron chi connectivity index (χ3n) is 5.77. The van der Waals surface area contributed by atoms with Gasteiger partial charge in [-0.1, -0.05) is 60.7 Å². The van der Waals surface area contributed by atoms with Crippen LogP contribution in [0.1, 0.15) is 34.5 Å². The molecule has 0 fully saturated rings. The van der Waals surface area contributed by atoms with Gasteiger partial charge in [0.25, 0.3) is 5.91 Å². The summed E-state index contributed by atoms with van der Waals surface area (Å²) >= 11 is 0. The second kappa shape index (κ2) is 10.0. The fourth-order valence-corrected chi connectivity index (χ4v) is 4.42. The summed E-state index contributed by atoms with van der Waals surface area (Å²) in [4.78, 5) is 19.1. The molecule has 186 valence electrons. The SMILES string of the molecule is CN(CC(C)(O)c1ccccc1)C(=O)c1nc(Cc2ccccc2)n(-c2ccc(S(N)(=O)=O)cc2)n1. The van der Waals surface area contributed by atoms with Gasteiger partial charge < -0.3 is 10.0 Å². The number of aliphatic hydroxyl groups is 1. The molecule has 0 aliphatic carbocycles. The Labute approximate surface area is 209 Å². The zero-order chi connectivity index (χ0) is 25.9. The fraction of sp³-hybridized carbons (Fsp3) is 0.192. The minimum absolute atomic E-state index is 0.0292. The number of aromatic nitrogens is 3. The quantitative estimate of drug-likeness (QED) is 0.378. The summed E-state index contributed by atoms with van der Waals surface area (Å²) in [6.07, 6.45) is 0.392. The minimum Gasteiger partial charge on any atom is -0.384 e. The van der Waals surface area contributed by atoms with E-state index in [0.717, 1.165) is 5.56 Å². The van der Waals surface area contributed by atoms with Crippen molar-refractivity contribution in [1.29, 1.82) is 0 Å². The third-order valence-corrected chi connectivity index (χ3v) is 6.70. The Morgan fingerprint density at radius 2 is 1.58 bits per heavy atom. The first-order chi connectivity index (χ1) is 17.0. The van der Waals surface area contributed by atoms with E-state index in [2.05, 4.69) is 10.1 Å². The van der Waals surface area contributed by atoms with Crippen molar-refractivity contribution in [2.75, 3.05) is 13.6 Å². The minimum atomic E-state index is -3.85. The molecule has 0 saturated carbocycles. The predicted molar refractivity (Wildman–Crippen MR) is 135 cm³/mol. The number of benzene rings is 3. The van der Waals surface area contributed by atoms with Crippen molar-refractivity contribution in [2.24, 2.45) is 5.14 Å². The first-order valence-electron chi connectivity index (χ1n) is 11.2. The predicted octanol–water partition coefficient (Wildman–Crippen LogP) is 2.49. The lowest BCUT2D eigenvalue weighted by Crippen LogP contribution is -2.40. The average Bonchev–Trinajstić information content (AvgIpc) is 3.27. The summed E-state index contributed by atoms with van der Waals surface area (Å²) in [7, 11) is -2.27. The zero-order valence-corrected chi connectivity index (χ0v) is 20.8. The van der Waals surface area contributed by atoms with Crippen molar-refractivity contribution in [1.82, 2.24) is 19.7 Å². The molecule has 1 heterocycles. The molecule has 3 aromatic carbocycles. The number of nitrogens with two attached hydrogens (primary N) is 1. The van der Waals surface area contributed by atoms with Gasteiger partial charge in [-0.2, -0.15) is 0 Å². The maximum Gasteiger partial charge on any atom is 0.293 e. The van der Waals surface area contributed by atoms with Crippen molar-refractivity contribution in [3.05, 3.63) is 108 Å². The highest BCUT2D eigenvalue weighted by Gasteiger charge is 2.29. The van der Waals surface area contributed by atoms with Crippen molar-refractivity contribution in [3.8, 4) is 5.69 Å². The number of primary sulfonamides is 1. The normalized spacial score (nSPS) is 13.2. The lowest BCUT2D eigenvalue weighted by molar-refractivity contribution is 0.0208. The number of hydrogen-bond acceptors (Lipinski definition) is 6. The molecule has 0 radical (unpaired) electrons. The number of carbonyl (C=O) groups is 1. The van der Waals surface area contributed by atoms with Crippen molar-refractivity contribution in [3.63, 3.8) is 0 Å². The third kappa shape index (κ3) is 5.68. The highest BCUT2D eigenvalue weighted by Crippen LogP contribution is 2.22. The number of sulfonamides is 1. The summed E-state index contributed by atoms with van der Waals surface area (Å²) in [5.41, 5.74) is 0.901. The molecule has 0 spiro atoms. The standard InChI is InChI=1S/C26H27N5O4S/c1-26(33,20-11-7-4-8-12-20)18-30(2)25(32)24-28-23(17-19-9-5-3-6-10-19)31(29-24)21-13-15-22(16-14-21)36(27,34)35/h3-16,33H,17-18H2,1-2H3,(H2,27,34,35). The molecule has 36 heavy (non-hydrogen) atoms. The Kier molecular flexibility index (Phi) is 7.02. The largest absolute Gasteiger partial charge is 0.384 e. The van der Waals surface area contributed by atoms with Gasteiger partial charge in [0.15, 0.2) is 0 Å². The second-order valence-electron chi connectivity index (χ2n) is 8.77. The Hall–Kier alpha value is -3.86. The Morgan fingerprint density at radius 3 is 2.17 bits per heavy atom. The molecule has 3 N–H and O–H groups in total. The highest BCUT2D eigenvalue weighted by molar-refractivity contribution is 7.89. The molecule has 0 bridgehead atoms. The maximum absolute atomic E-state index is 13.3. The van der Waals surface area contributed by atoms with Crippen LogP contribution in [0.2, 0.25) is 0 Å². The van der Waals surface area contributed by atoms with Gasteiger partial charge in [0.1, 0.15) is 11.4 Å². The summed E-state index contributed by atoms with van der Waals surface area (Å²) in [5.74, 6) is -0.000588. The summed E-state index contributed by atoms with van der Waals surface area (Å²) in [6.45, 7) is 1.67. The Morgan fingerprint density at radius 1 is 1.00 bits per heavy atom. The monoisotopic (exact) mass is 505 g/mol. The lowest BCUT2D eigenvalue weighted by Gasteiger charge is -2.29. The van der Waals surface area contributed by atoms with E-state index in [1.54, 1.807) is 38.2 Å². The Bertz CT molecular complexity index is 1450. The van der Waals surface area contributed by atoms with Crippen LogP contribution < -0.4 is 5.14 Å². The first-order valence-corrected chi connectivity index (χ1v) is 12.8. The number of likely N-dealkylation sites (N-methyl/N-ethyl adjacent to an activating group) is 1. The molecule has 9 nitrogen and oxygen atoms in total. The van der Waals surface area contributed by atoms with Crippen LogP contribution >= 0.6 is 0 Å². The van der Waals surface area contributed by atoms with Crippen LogP contribution in [0.3, 0.4) is 0 Å². The molecule has 1 aromatic heterocycles. The molecule has 1 unspecified atom stereocenters. The van der Waals surface area contributed by atoms with Crippen LogP contribution in [-0.4, -0.2) is 52.7 Å². The number of nitrogens with zero attached hydrogens (tertiary/aromatic N) is 4. The van der Waals surface area contributed by atoms with E-state index in [9.17, 15) is 18.3 Å². The molecule has 4 aromatic rings. The fourth-order valence-electron chi connectivity index (χ4n) is 3.90. The first kappa shape index (κ1) is 25.2. The van der Waals surface area contributed by atoms with Gasteiger partial charge in [-0.15, -0.1) is 5.10 Å². The van der Waals surface area contributed by atoms with E-state index in [1.807, 2.05) is 48.5 Å². The van der Waals surface area contributed by atoms with E-state index in [1.165, 1.54) is 21.7 Å². The van der Waals surface area contributed by atoms with Crippen LogP contribution in [0.25, 0.3) is 5.69 Å². The molecular weight excluding hydrogens is 478 g/mol. The highest BCUT2D eigenvalue weighted by atomic mass is 32.2. The van der Waals surface area contributed by atoms with Crippen molar-refractivity contribution >= 4 is 15.9 Å². The van der Waals surface area contributed by atoms with Gasteiger partial charge in [0.05, 0.1) is 17.1 Å². The van der Waals surface area contributed by atoms with Gasteiger partial charge in [0.2, 0.25) is 15.8 Å². The molecule has 4 rings (SSSR count). The number of carbonyl (C=O) groups excluding carboxylic acids is 1. The van der Waals surface area contributed by atoms with E-state index in [0.29, 0.717) is 23.5 Å². The van der Waals surface area contributed by atoms with Crippen LogP contribution in [0.5, 0.6) is 0 Å². The molecule has 10 heteroatoms. The maximum atomic E-state index is 13.3. The second-order valence-corrected chi connectivity index (χ2v) is 10.3. The molecule has 1 amide bonds. The van der Waals surface area contributed by atoms with Gasteiger partial charge in [-0.3, -0.25) is 4.79 Å². The molecule has 0 saturated heterocycles. The number of amides is 1. The van der Waals surface area contributed by atoms with Gasteiger partial charge in [-0.05, 0) is 42.3 Å². The van der Waals surface area contributed by atoms with Crippen LogP contribution in [0, 0.1) is 0 Å². The summed E-state index contributed by atoms with van der Waals surface area (Å²) < 4.78 is 24.8. The molecule has 0 aliphatic rings. The zero-order valence-electron chi connectivity index (χ0n) is 19.9. The van der Waals surface area contributed by atoms with E-state index in [4.69, 9.17) is 5.14 Å². The number of rotatable bonds is 8. The average molecular weight is 506 g/mol. The van der Waals surface area contributed by atoms with Gasteiger partial charge in [-0.25, -0.2) is 23.2 Å². The summed E-state index contributed by atoms with van der Waals surface area (Å²) in [5, 5.41) is 20.6. The van der Waals surface area contributed by atoms with Crippen molar-refractivity contribution < 1.29 is 18.3 Å². The van der Waals surface area contributed by atoms with Crippen LogP contribution in [0.15, 0.2) is 89.8 Å². The van der Waals surface area contributed by atoms with Crippen molar-refractivity contribution in [2.45, 2.75) is 23.8 Å². The molecular formula is C26H27N5O4S. The molecule has 1 atom stereocenters. The van der Waals surface area contributed by atoms with E-state index < -0.39 is 21.5 Å². The smallest absolute Gasteiger partial charge is 0.293 e.